The molecule has 6 heteroatoms. The van der Waals surface area contributed by atoms with Crippen LogP contribution in [-0.4, -0.2) is 43.8 Å². The van der Waals surface area contributed by atoms with E-state index in [1.807, 2.05) is 59.8 Å². The Bertz CT molecular complexity index is 1120. The van der Waals surface area contributed by atoms with Gasteiger partial charge in [0.15, 0.2) is 0 Å². The predicted molar refractivity (Wildman–Crippen MR) is 113 cm³/mol. The van der Waals surface area contributed by atoms with E-state index in [1.54, 1.807) is 0 Å². The molecule has 0 atom stereocenters. The van der Waals surface area contributed by atoms with Crippen molar-refractivity contribution in [2.45, 2.75) is 25.7 Å². The Kier molecular flexibility index (Phi) is 4.60. The van der Waals surface area contributed by atoms with Gasteiger partial charge in [-0.1, -0.05) is 12.8 Å². The van der Waals surface area contributed by atoms with Crippen molar-refractivity contribution in [3.8, 4) is 22.8 Å². The molecule has 1 fully saturated rings. The van der Waals surface area contributed by atoms with Crippen LogP contribution in [0.1, 0.15) is 36.0 Å². The minimum atomic E-state index is 0.0884. The molecule has 0 saturated carbocycles. The van der Waals surface area contributed by atoms with Crippen LogP contribution < -0.4 is 0 Å². The Labute approximate surface area is 169 Å². The zero-order valence-electron chi connectivity index (χ0n) is 16.2. The average molecular weight is 385 g/mol. The van der Waals surface area contributed by atoms with E-state index in [-0.39, 0.29) is 5.91 Å². The zero-order valence-corrected chi connectivity index (χ0v) is 16.2. The lowest BCUT2D eigenvalue weighted by Gasteiger charge is -2.20. The number of carbonyl (C=O) groups is 1. The number of amides is 1. The first-order valence-electron chi connectivity index (χ1n) is 10.2. The molecular formula is C23H23N5O. The summed E-state index contributed by atoms with van der Waals surface area (Å²) in [4.78, 5) is 31.2. The number of carbonyl (C=O) groups excluding carboxylic acids is 1. The number of likely N-dealkylation sites (tertiary alicyclic amines) is 1. The summed E-state index contributed by atoms with van der Waals surface area (Å²) in [6.07, 6.45) is 8.31. The highest BCUT2D eigenvalue weighted by molar-refractivity contribution is 5.98. The summed E-state index contributed by atoms with van der Waals surface area (Å²) in [6.45, 7) is 1.67. The number of aromatic amines is 2. The standard InChI is InChI=1S/C23H23N5O/c29-23(28-13-3-1-2-4-14-28)16-9-10-17-20(15-16)27-22(19-8-6-12-25-19)21(26-17)18-7-5-11-24-18/h5-12,15,24-25H,1-4,13-14H2. The van der Waals surface area contributed by atoms with Crippen LogP contribution in [0.25, 0.3) is 33.8 Å². The van der Waals surface area contributed by atoms with E-state index in [4.69, 9.17) is 9.97 Å². The first-order chi connectivity index (χ1) is 14.3. The number of H-pyrrole nitrogens is 2. The van der Waals surface area contributed by atoms with Crippen LogP contribution in [-0.2, 0) is 0 Å². The van der Waals surface area contributed by atoms with Crippen LogP contribution in [0.4, 0.5) is 0 Å². The molecule has 2 N–H and O–H groups in total. The predicted octanol–water partition coefficient (Wildman–Crippen LogP) is 4.64. The van der Waals surface area contributed by atoms with Crippen LogP contribution in [0.15, 0.2) is 54.9 Å². The van der Waals surface area contributed by atoms with Crippen LogP contribution in [0, 0.1) is 0 Å². The number of hydrogen-bond donors (Lipinski definition) is 2. The first kappa shape index (κ1) is 17.7. The van der Waals surface area contributed by atoms with Crippen molar-refractivity contribution in [1.29, 1.82) is 0 Å². The maximum absolute atomic E-state index is 13.0. The SMILES string of the molecule is O=C(c1ccc2nc(-c3ccc[nH]3)c(-c3ccc[nH]3)nc2c1)N1CCCCCC1. The van der Waals surface area contributed by atoms with Crippen molar-refractivity contribution in [1.82, 2.24) is 24.8 Å². The Morgan fingerprint density at radius 2 is 1.41 bits per heavy atom. The summed E-state index contributed by atoms with van der Waals surface area (Å²) < 4.78 is 0. The Morgan fingerprint density at radius 3 is 2.00 bits per heavy atom. The summed E-state index contributed by atoms with van der Waals surface area (Å²) in [7, 11) is 0. The van der Waals surface area contributed by atoms with Crippen LogP contribution in [0.5, 0.6) is 0 Å². The van der Waals surface area contributed by atoms with E-state index in [0.29, 0.717) is 5.56 Å². The maximum Gasteiger partial charge on any atom is 0.253 e. The molecule has 1 amide bonds. The van der Waals surface area contributed by atoms with Gasteiger partial charge in [-0.2, -0.15) is 0 Å². The first-order valence-corrected chi connectivity index (χ1v) is 10.2. The fraction of sp³-hybridized carbons (Fsp3) is 0.261. The minimum Gasteiger partial charge on any atom is -0.360 e. The molecule has 3 aromatic heterocycles. The van der Waals surface area contributed by atoms with Gasteiger partial charge >= 0.3 is 0 Å². The van der Waals surface area contributed by atoms with Crippen molar-refractivity contribution in [2.24, 2.45) is 0 Å². The van der Waals surface area contributed by atoms with Gasteiger partial charge in [0.05, 0.1) is 22.4 Å². The highest BCUT2D eigenvalue weighted by Gasteiger charge is 2.19. The van der Waals surface area contributed by atoms with E-state index in [9.17, 15) is 4.79 Å². The molecular weight excluding hydrogens is 362 g/mol. The Hall–Kier alpha value is -3.41. The third-order valence-corrected chi connectivity index (χ3v) is 5.51. The number of fused-ring (bicyclic) bond motifs is 1. The molecule has 1 aliphatic heterocycles. The van der Waals surface area contributed by atoms with Gasteiger partial charge in [-0.15, -0.1) is 0 Å². The molecule has 1 aliphatic rings. The van der Waals surface area contributed by atoms with Gasteiger partial charge in [-0.05, 0) is 55.3 Å². The topological polar surface area (TPSA) is 77.7 Å². The van der Waals surface area contributed by atoms with Gasteiger partial charge in [0.1, 0.15) is 11.4 Å². The van der Waals surface area contributed by atoms with E-state index >= 15 is 0 Å². The van der Waals surface area contributed by atoms with Crippen molar-refractivity contribution < 1.29 is 4.79 Å². The number of rotatable bonds is 3. The molecule has 0 aliphatic carbocycles. The quantitative estimate of drug-likeness (QED) is 0.539. The van der Waals surface area contributed by atoms with Gasteiger partial charge in [0.25, 0.3) is 5.91 Å². The molecule has 0 unspecified atom stereocenters. The lowest BCUT2D eigenvalue weighted by molar-refractivity contribution is 0.0762. The highest BCUT2D eigenvalue weighted by Crippen LogP contribution is 2.29. The molecule has 4 heterocycles. The zero-order chi connectivity index (χ0) is 19.6. The average Bonchev–Trinajstić information content (AvgIpc) is 3.42. The number of hydrogen-bond acceptors (Lipinski definition) is 3. The molecule has 0 spiro atoms. The second-order valence-electron chi connectivity index (χ2n) is 7.50. The molecule has 1 saturated heterocycles. The number of nitrogens with zero attached hydrogens (tertiary/aromatic N) is 3. The number of benzene rings is 1. The van der Waals surface area contributed by atoms with Crippen LogP contribution >= 0.6 is 0 Å². The summed E-state index contributed by atoms with van der Waals surface area (Å²) in [5.74, 6) is 0.0884. The summed E-state index contributed by atoms with van der Waals surface area (Å²) in [5.41, 5.74) is 5.55. The molecule has 0 radical (unpaired) electrons. The van der Waals surface area contributed by atoms with Crippen molar-refractivity contribution >= 4 is 16.9 Å². The highest BCUT2D eigenvalue weighted by atomic mass is 16.2. The summed E-state index contributed by atoms with van der Waals surface area (Å²) in [6, 6.07) is 13.5. The molecule has 5 rings (SSSR count). The number of nitrogens with one attached hydrogen (secondary N) is 2. The maximum atomic E-state index is 13.0. The second kappa shape index (κ2) is 7.54. The van der Waals surface area contributed by atoms with Crippen molar-refractivity contribution in [2.75, 3.05) is 13.1 Å². The van der Waals surface area contributed by atoms with Crippen LogP contribution in [0.3, 0.4) is 0 Å². The fourth-order valence-corrected chi connectivity index (χ4v) is 3.97. The molecule has 4 aromatic rings. The largest absolute Gasteiger partial charge is 0.360 e. The van der Waals surface area contributed by atoms with Crippen molar-refractivity contribution in [3.05, 3.63) is 60.4 Å². The van der Waals surface area contributed by atoms with Gasteiger partial charge in [0, 0.05) is 31.0 Å². The van der Waals surface area contributed by atoms with E-state index in [1.165, 1.54) is 12.8 Å². The smallest absolute Gasteiger partial charge is 0.253 e. The molecule has 146 valence electrons. The molecule has 1 aromatic carbocycles. The lowest BCUT2D eigenvalue weighted by Crippen LogP contribution is -2.31. The second-order valence-corrected chi connectivity index (χ2v) is 7.50. The Morgan fingerprint density at radius 1 is 0.793 bits per heavy atom. The minimum absolute atomic E-state index is 0.0884. The third-order valence-electron chi connectivity index (χ3n) is 5.51. The number of aromatic nitrogens is 4. The van der Waals surface area contributed by atoms with Gasteiger partial charge in [0.2, 0.25) is 0 Å². The van der Waals surface area contributed by atoms with E-state index < -0.39 is 0 Å². The fourth-order valence-electron chi connectivity index (χ4n) is 3.97. The van der Waals surface area contributed by atoms with Crippen LogP contribution in [0.2, 0.25) is 0 Å². The summed E-state index contributed by atoms with van der Waals surface area (Å²) >= 11 is 0. The summed E-state index contributed by atoms with van der Waals surface area (Å²) in [5, 5.41) is 0. The molecule has 0 bridgehead atoms. The molecule has 6 nitrogen and oxygen atoms in total. The van der Waals surface area contributed by atoms with Crippen molar-refractivity contribution in [3.63, 3.8) is 0 Å². The van der Waals surface area contributed by atoms with E-state index in [2.05, 4.69) is 9.97 Å². The monoisotopic (exact) mass is 385 g/mol. The van der Waals surface area contributed by atoms with E-state index in [0.717, 1.165) is 59.7 Å². The van der Waals surface area contributed by atoms with Gasteiger partial charge < -0.3 is 14.9 Å². The normalized spacial score (nSPS) is 14.8. The van der Waals surface area contributed by atoms with Gasteiger partial charge in [-0.3, -0.25) is 4.79 Å². The molecule has 29 heavy (non-hydrogen) atoms. The lowest BCUT2D eigenvalue weighted by atomic mass is 10.1. The Balaban J connectivity index is 1.59. The van der Waals surface area contributed by atoms with Gasteiger partial charge in [-0.25, -0.2) is 9.97 Å². The third kappa shape index (κ3) is 3.42.